The number of rotatable bonds is 4. The Morgan fingerprint density at radius 2 is 1.71 bits per heavy atom. The SMILES string of the molecule is O=C(O)c1cccc(-c2cc3c(cc2F)N(c2ccccc2)CC(NS)c2ccccc2C3)c1. The maximum atomic E-state index is 15.6. The molecule has 0 aliphatic carbocycles. The van der Waals surface area contributed by atoms with E-state index in [9.17, 15) is 9.90 Å². The number of hydrogen-bond acceptors (Lipinski definition) is 4. The zero-order valence-corrected chi connectivity index (χ0v) is 19.2. The van der Waals surface area contributed by atoms with Gasteiger partial charge in [0.15, 0.2) is 0 Å². The Morgan fingerprint density at radius 1 is 0.941 bits per heavy atom. The van der Waals surface area contributed by atoms with Crippen LogP contribution in [0, 0.1) is 5.82 Å². The number of fused-ring (bicyclic) bond motifs is 2. The molecule has 0 radical (unpaired) electrons. The van der Waals surface area contributed by atoms with E-state index in [1.165, 1.54) is 12.1 Å². The van der Waals surface area contributed by atoms with Crippen LogP contribution in [0.5, 0.6) is 0 Å². The van der Waals surface area contributed by atoms with Crippen molar-refractivity contribution in [3.05, 3.63) is 119 Å². The Bertz CT molecular complexity index is 1360. The number of halogens is 1. The minimum Gasteiger partial charge on any atom is -0.478 e. The van der Waals surface area contributed by atoms with Crippen LogP contribution in [0.4, 0.5) is 15.8 Å². The Labute approximate surface area is 203 Å². The van der Waals surface area contributed by atoms with E-state index in [0.717, 1.165) is 28.1 Å². The first-order chi connectivity index (χ1) is 16.5. The third-order valence-electron chi connectivity index (χ3n) is 6.28. The van der Waals surface area contributed by atoms with Crippen molar-refractivity contribution in [2.45, 2.75) is 12.5 Å². The number of carboxylic acids is 1. The predicted molar refractivity (Wildman–Crippen MR) is 136 cm³/mol. The van der Waals surface area contributed by atoms with Gasteiger partial charge < -0.3 is 10.0 Å². The first-order valence-corrected chi connectivity index (χ1v) is 11.5. The zero-order valence-electron chi connectivity index (χ0n) is 18.3. The fraction of sp³-hybridized carbons (Fsp3) is 0.107. The molecule has 6 heteroatoms. The van der Waals surface area contributed by atoms with Gasteiger partial charge in [-0.1, -0.05) is 67.4 Å². The molecule has 1 heterocycles. The second kappa shape index (κ2) is 9.33. The van der Waals surface area contributed by atoms with Crippen molar-refractivity contribution in [2.75, 3.05) is 11.4 Å². The highest BCUT2D eigenvalue weighted by molar-refractivity contribution is 7.78. The highest BCUT2D eigenvalue weighted by Gasteiger charge is 2.26. The van der Waals surface area contributed by atoms with Crippen LogP contribution in [0.15, 0.2) is 91.0 Å². The number of benzene rings is 4. The van der Waals surface area contributed by atoms with E-state index in [2.05, 4.69) is 34.6 Å². The number of carboxylic acid groups (broad SMARTS) is 1. The lowest BCUT2D eigenvalue weighted by Crippen LogP contribution is -2.32. The van der Waals surface area contributed by atoms with Crippen LogP contribution >= 0.6 is 12.8 Å². The third kappa shape index (κ3) is 4.18. The molecular weight excluding hydrogens is 447 g/mol. The molecule has 0 bridgehead atoms. The van der Waals surface area contributed by atoms with Gasteiger partial charge in [0.05, 0.1) is 11.6 Å². The summed E-state index contributed by atoms with van der Waals surface area (Å²) < 4.78 is 18.7. The molecule has 0 spiro atoms. The van der Waals surface area contributed by atoms with Crippen LogP contribution in [0.25, 0.3) is 11.1 Å². The van der Waals surface area contributed by atoms with E-state index in [1.54, 1.807) is 18.2 Å². The number of hydrogen-bond donors (Lipinski definition) is 3. The molecule has 0 fully saturated rings. The summed E-state index contributed by atoms with van der Waals surface area (Å²) in [7, 11) is 0. The Morgan fingerprint density at radius 3 is 2.47 bits per heavy atom. The van der Waals surface area contributed by atoms with Crippen LogP contribution in [0.2, 0.25) is 0 Å². The minimum atomic E-state index is -1.04. The van der Waals surface area contributed by atoms with Gasteiger partial charge in [0.1, 0.15) is 5.82 Å². The Balaban J connectivity index is 1.71. The first kappa shape index (κ1) is 22.2. The summed E-state index contributed by atoms with van der Waals surface area (Å²) in [5.74, 6) is -1.44. The predicted octanol–water partition coefficient (Wildman–Crippen LogP) is 6.41. The largest absolute Gasteiger partial charge is 0.478 e. The van der Waals surface area contributed by atoms with Gasteiger partial charge in [0.2, 0.25) is 0 Å². The fourth-order valence-electron chi connectivity index (χ4n) is 4.62. The molecular formula is C28H23FN2O2S. The lowest BCUT2D eigenvalue weighted by atomic mass is 9.89. The average Bonchev–Trinajstić information content (AvgIpc) is 2.86. The molecule has 0 saturated heterocycles. The normalized spacial score (nSPS) is 15.1. The summed E-state index contributed by atoms with van der Waals surface area (Å²) >= 11 is 4.41. The third-order valence-corrected chi connectivity index (χ3v) is 6.59. The van der Waals surface area contributed by atoms with Crippen molar-refractivity contribution >= 4 is 30.2 Å². The van der Waals surface area contributed by atoms with Gasteiger partial charge in [-0.2, -0.15) is 0 Å². The summed E-state index contributed by atoms with van der Waals surface area (Å²) in [6.45, 7) is 0.560. The van der Waals surface area contributed by atoms with Crippen LogP contribution in [-0.2, 0) is 6.42 Å². The molecule has 0 saturated carbocycles. The van der Waals surface area contributed by atoms with Crippen LogP contribution in [-0.4, -0.2) is 17.6 Å². The summed E-state index contributed by atoms with van der Waals surface area (Å²) in [6, 6.07) is 27.9. The van der Waals surface area contributed by atoms with Gasteiger partial charge in [0, 0.05) is 23.5 Å². The number of thiol groups is 1. The van der Waals surface area contributed by atoms with E-state index in [0.29, 0.717) is 24.1 Å². The molecule has 2 N–H and O–H groups in total. The van der Waals surface area contributed by atoms with Gasteiger partial charge in [0.25, 0.3) is 0 Å². The number of nitrogens with zero attached hydrogens (tertiary/aromatic N) is 1. The number of aromatic carboxylic acids is 1. The second-order valence-electron chi connectivity index (χ2n) is 8.35. The van der Waals surface area contributed by atoms with Crippen molar-refractivity contribution in [3.63, 3.8) is 0 Å². The maximum absolute atomic E-state index is 15.6. The standard InChI is InChI=1S/C28H23FN2O2S/c29-25-16-27-21(15-24(25)19-8-6-9-20(13-19)28(32)33)14-18-7-4-5-12-23(18)26(30-34)17-31(27)22-10-2-1-3-11-22/h1-13,15-16,26,30,34H,14,17H2,(H,32,33). The molecule has 4 aromatic rings. The number of carbonyl (C=O) groups is 1. The highest BCUT2D eigenvalue weighted by atomic mass is 32.1. The van der Waals surface area contributed by atoms with E-state index in [4.69, 9.17) is 0 Å². The second-order valence-corrected chi connectivity index (χ2v) is 8.61. The molecule has 34 heavy (non-hydrogen) atoms. The first-order valence-electron chi connectivity index (χ1n) is 11.0. The van der Waals surface area contributed by atoms with Gasteiger partial charge in [-0.3, -0.25) is 4.72 Å². The van der Waals surface area contributed by atoms with Crippen LogP contribution in [0.1, 0.15) is 33.1 Å². The molecule has 4 aromatic carbocycles. The monoisotopic (exact) mass is 470 g/mol. The van der Waals surface area contributed by atoms with Crippen molar-refractivity contribution in [1.29, 1.82) is 0 Å². The van der Waals surface area contributed by atoms with Crippen molar-refractivity contribution < 1.29 is 14.3 Å². The molecule has 0 amide bonds. The van der Waals surface area contributed by atoms with Gasteiger partial charge in [-0.15, -0.1) is 0 Å². The van der Waals surface area contributed by atoms with E-state index >= 15 is 4.39 Å². The smallest absolute Gasteiger partial charge is 0.335 e. The average molecular weight is 471 g/mol. The zero-order chi connectivity index (χ0) is 23.7. The van der Waals surface area contributed by atoms with E-state index in [1.807, 2.05) is 48.5 Å². The number of anilines is 2. The van der Waals surface area contributed by atoms with Crippen LogP contribution in [0.3, 0.4) is 0 Å². The molecule has 0 aromatic heterocycles. The van der Waals surface area contributed by atoms with Crippen molar-refractivity contribution in [3.8, 4) is 11.1 Å². The van der Waals surface area contributed by atoms with E-state index < -0.39 is 11.8 Å². The summed E-state index contributed by atoms with van der Waals surface area (Å²) in [4.78, 5) is 13.6. The lowest BCUT2D eigenvalue weighted by Gasteiger charge is -2.34. The summed E-state index contributed by atoms with van der Waals surface area (Å²) in [5, 5.41) is 9.39. The summed E-state index contributed by atoms with van der Waals surface area (Å²) in [6.07, 6.45) is 0.604. The lowest BCUT2D eigenvalue weighted by molar-refractivity contribution is 0.0697. The fourth-order valence-corrected chi connectivity index (χ4v) is 4.84. The van der Waals surface area contributed by atoms with Crippen molar-refractivity contribution in [2.24, 2.45) is 0 Å². The highest BCUT2D eigenvalue weighted by Crippen LogP contribution is 2.39. The van der Waals surface area contributed by atoms with Crippen molar-refractivity contribution in [1.82, 2.24) is 4.72 Å². The molecule has 1 aliphatic rings. The Kier molecular flexibility index (Phi) is 6.09. The number of nitrogens with one attached hydrogen (secondary N) is 1. The molecule has 1 unspecified atom stereocenters. The van der Waals surface area contributed by atoms with Crippen LogP contribution < -0.4 is 9.62 Å². The Hall–Kier alpha value is -3.61. The number of para-hydroxylation sites is 1. The molecule has 4 nitrogen and oxygen atoms in total. The minimum absolute atomic E-state index is 0.0668. The topological polar surface area (TPSA) is 52.6 Å². The quantitative estimate of drug-likeness (QED) is 0.302. The molecule has 1 atom stereocenters. The molecule has 1 aliphatic heterocycles. The van der Waals surface area contributed by atoms with Gasteiger partial charge >= 0.3 is 5.97 Å². The molecule has 5 rings (SSSR count). The van der Waals surface area contributed by atoms with Gasteiger partial charge in [-0.05, 0) is 65.1 Å². The van der Waals surface area contributed by atoms with Gasteiger partial charge in [-0.25, -0.2) is 9.18 Å². The summed E-state index contributed by atoms with van der Waals surface area (Å²) in [5.41, 5.74) is 6.03. The van der Waals surface area contributed by atoms with E-state index in [-0.39, 0.29) is 11.6 Å². The maximum Gasteiger partial charge on any atom is 0.335 e. The molecule has 170 valence electrons.